The summed E-state index contributed by atoms with van der Waals surface area (Å²) in [4.78, 5) is 9.69. The van der Waals surface area contributed by atoms with Crippen molar-refractivity contribution in [3.63, 3.8) is 0 Å². The van der Waals surface area contributed by atoms with Crippen LogP contribution in [-0.2, 0) is 44.6 Å². The number of ether oxygens (including phenoxy) is 1. The molecule has 9 rings (SSSR count). The molecule has 0 amide bonds. The van der Waals surface area contributed by atoms with Gasteiger partial charge in [-0.05, 0) is 104 Å². The smallest absolute Gasteiger partial charge is 0.269 e. The second-order valence-corrected chi connectivity index (χ2v) is 21.3. The van der Waals surface area contributed by atoms with Crippen LogP contribution in [0.5, 0.6) is 11.5 Å². The molecule has 0 aliphatic rings. The van der Waals surface area contributed by atoms with E-state index in [2.05, 4.69) is 137 Å². The van der Waals surface area contributed by atoms with Crippen LogP contribution in [0.15, 0.2) is 128 Å². The number of hydrogen-bond acceptors (Lipinski definition) is 3. The fourth-order valence-electron chi connectivity index (χ4n) is 8.37. The number of nitrogens with zero attached hydrogens (tertiary/aromatic N) is 5. The van der Waals surface area contributed by atoms with Gasteiger partial charge in [-0.25, -0.2) is 4.98 Å². The number of benzene rings is 5. The minimum absolute atomic E-state index is 0. The first-order valence-corrected chi connectivity index (χ1v) is 22.5. The Labute approximate surface area is 411 Å². The molecule has 5 aromatic carbocycles. The molecule has 340 valence electrons. The zero-order chi connectivity index (χ0) is 49.6. The fourth-order valence-corrected chi connectivity index (χ4v) is 8.37. The van der Waals surface area contributed by atoms with Crippen LogP contribution in [0.1, 0.15) is 111 Å². The van der Waals surface area contributed by atoms with Gasteiger partial charge in [-0.1, -0.05) is 167 Å². The number of fused-ring (bicyclic) bond motifs is 4. The number of hydrogen-bond donors (Lipinski definition) is 0. The third-order valence-corrected chi connectivity index (χ3v) is 11.4. The van der Waals surface area contributed by atoms with E-state index in [1.165, 1.54) is 5.56 Å². The first kappa shape index (κ1) is 41.6. The van der Waals surface area contributed by atoms with Crippen molar-refractivity contribution < 1.29 is 35.9 Å². The van der Waals surface area contributed by atoms with E-state index in [9.17, 15) is 5.48 Å². The van der Waals surface area contributed by atoms with Gasteiger partial charge in [0.25, 0.3) is 6.33 Å². The first-order chi connectivity index (χ1) is 32.2. The molecule has 0 spiro atoms. The van der Waals surface area contributed by atoms with Gasteiger partial charge in [-0.15, -0.1) is 17.5 Å². The maximum absolute atomic E-state index is 9.35. The van der Waals surface area contributed by atoms with Crippen LogP contribution >= 0.6 is 0 Å². The third-order valence-electron chi connectivity index (χ3n) is 11.4. The SMILES string of the molecule is [2H]C([2H])(c1cc(-[n+]2[c-]n(-c3[c-]c(Oc4[c-]c5c(cc4)c4cc(-c6ccccc6)ccc4n5-c4cc(C(C)(C)C)ccn4)ccn3)c3ccc(C(C)(C)C)cc32)cc(C([2H])([2H])C(C)(C)C)c1)C(C)(C)C.[Pt]. The van der Waals surface area contributed by atoms with Gasteiger partial charge in [0.1, 0.15) is 5.82 Å². The summed E-state index contributed by atoms with van der Waals surface area (Å²) in [6.07, 6.45) is 3.51. The number of rotatable bonds is 8. The van der Waals surface area contributed by atoms with Crippen molar-refractivity contribution in [2.24, 2.45) is 10.8 Å². The Morgan fingerprint density at radius 3 is 1.89 bits per heavy atom. The van der Waals surface area contributed by atoms with Crippen molar-refractivity contribution in [3.05, 3.63) is 168 Å². The van der Waals surface area contributed by atoms with Gasteiger partial charge >= 0.3 is 0 Å². The summed E-state index contributed by atoms with van der Waals surface area (Å²) in [6, 6.07) is 45.6. The Bertz CT molecular complexity index is 3380. The average molecular weight is 1060 g/mol. The van der Waals surface area contributed by atoms with E-state index in [1.54, 1.807) is 18.3 Å². The third kappa shape index (κ3) is 9.81. The summed E-state index contributed by atoms with van der Waals surface area (Å²) in [6.45, 7) is 24.3. The molecule has 4 aromatic heterocycles. The van der Waals surface area contributed by atoms with Crippen molar-refractivity contribution in [1.82, 2.24) is 19.1 Å². The fraction of sp³-hybridized carbons (Fsp3) is 0.305. The Morgan fingerprint density at radius 1 is 0.591 bits per heavy atom. The van der Waals surface area contributed by atoms with Crippen molar-refractivity contribution in [2.45, 2.75) is 107 Å². The minimum Gasteiger partial charge on any atom is -0.522 e. The van der Waals surface area contributed by atoms with Gasteiger partial charge in [0.15, 0.2) is 0 Å². The molecule has 0 atom stereocenters. The molecule has 66 heavy (non-hydrogen) atoms. The number of imidazole rings is 1. The molecular weight excluding hydrogens is 990 g/mol. The van der Waals surface area contributed by atoms with Gasteiger partial charge in [0, 0.05) is 44.0 Å². The van der Waals surface area contributed by atoms with Gasteiger partial charge in [0.2, 0.25) is 0 Å². The second-order valence-electron chi connectivity index (χ2n) is 21.3. The summed E-state index contributed by atoms with van der Waals surface area (Å²) in [7, 11) is 0. The summed E-state index contributed by atoms with van der Waals surface area (Å²) in [5, 5.41) is 2.10. The van der Waals surface area contributed by atoms with Crippen LogP contribution in [0.2, 0.25) is 0 Å². The van der Waals surface area contributed by atoms with Crippen LogP contribution < -0.4 is 9.30 Å². The van der Waals surface area contributed by atoms with Gasteiger partial charge in [0.05, 0.1) is 22.5 Å². The first-order valence-electron chi connectivity index (χ1n) is 24.5. The molecule has 0 saturated heterocycles. The molecule has 0 fully saturated rings. The van der Waals surface area contributed by atoms with Crippen molar-refractivity contribution in [1.29, 1.82) is 0 Å². The molecule has 0 radical (unpaired) electrons. The van der Waals surface area contributed by atoms with Crippen LogP contribution in [0, 0.1) is 29.3 Å². The van der Waals surface area contributed by atoms with Gasteiger partial charge in [-0.3, -0.25) is 14.1 Å². The molecule has 0 aliphatic carbocycles. The number of aromatic nitrogens is 5. The zero-order valence-electron chi connectivity index (χ0n) is 44.1. The molecule has 9 aromatic rings. The molecule has 0 bridgehead atoms. The monoisotopic (exact) mass is 1050 g/mol. The molecule has 0 N–H and O–H groups in total. The van der Waals surface area contributed by atoms with E-state index in [0.29, 0.717) is 34.1 Å². The molecule has 4 heterocycles. The molecular formula is C59H61N5OPt-2. The quantitative estimate of drug-likeness (QED) is 0.113. The summed E-state index contributed by atoms with van der Waals surface area (Å²) < 4.78 is 49.9. The Balaban J connectivity index is 0.00000659. The van der Waals surface area contributed by atoms with Crippen molar-refractivity contribution >= 4 is 32.8 Å². The van der Waals surface area contributed by atoms with E-state index in [0.717, 1.165) is 55.3 Å². The molecule has 6 nitrogen and oxygen atoms in total. The van der Waals surface area contributed by atoms with Crippen LogP contribution in [0.4, 0.5) is 0 Å². The van der Waals surface area contributed by atoms with E-state index < -0.39 is 23.6 Å². The van der Waals surface area contributed by atoms with Gasteiger partial charge < -0.3 is 9.30 Å². The standard InChI is InChI=1S/C59H61N5O.Pt/c1-56(2,3)36-39-28-40(37-57(4,5)6)30-45(29-39)62-38-63(51-23-19-43(32-53(51)62)58(7,8)9)54-35-47(25-27-60-54)65-46-20-21-48-49-31-42(41-16-14-13-15-17-41)18-22-50(49)64(52(48)34-46)55-33-44(24-26-61-55)59(10,11)12;/h13-33H,36-37H2,1-12H3;/q-2;/i36D2,37D2;. The Kier molecular flexibility index (Phi) is 11.0. The molecule has 0 aliphatic heterocycles. The Morgan fingerprint density at radius 2 is 1.23 bits per heavy atom. The maximum atomic E-state index is 9.35. The minimum atomic E-state index is -1.80. The van der Waals surface area contributed by atoms with Crippen molar-refractivity contribution in [2.75, 3.05) is 0 Å². The Hall–Kier alpha value is -5.84. The predicted molar refractivity (Wildman–Crippen MR) is 267 cm³/mol. The largest absolute Gasteiger partial charge is 0.522 e. The molecule has 7 heteroatoms. The average Bonchev–Trinajstić information content (AvgIpc) is 3.83. The summed E-state index contributed by atoms with van der Waals surface area (Å²) in [5.41, 5.74) is 7.48. The molecule has 0 unspecified atom stereocenters. The van der Waals surface area contributed by atoms with Gasteiger partial charge in [-0.2, -0.15) is 18.2 Å². The number of pyridine rings is 2. The van der Waals surface area contributed by atoms with E-state index >= 15 is 0 Å². The zero-order valence-corrected chi connectivity index (χ0v) is 42.4. The van der Waals surface area contributed by atoms with E-state index in [-0.39, 0.29) is 31.9 Å². The van der Waals surface area contributed by atoms with E-state index in [4.69, 9.17) is 14.7 Å². The maximum Gasteiger partial charge on any atom is 0.269 e. The molecule has 0 saturated carbocycles. The second kappa shape index (κ2) is 17.4. The van der Waals surface area contributed by atoms with Crippen LogP contribution in [-0.4, -0.2) is 19.1 Å². The predicted octanol–water partition coefficient (Wildman–Crippen LogP) is 14.4. The van der Waals surface area contributed by atoms with Crippen LogP contribution in [0.3, 0.4) is 0 Å². The summed E-state index contributed by atoms with van der Waals surface area (Å²) in [5.74, 6) is 2.14. The van der Waals surface area contributed by atoms with Crippen molar-refractivity contribution in [3.8, 4) is 39.9 Å². The normalized spacial score (nSPS) is 13.9. The topological polar surface area (TPSA) is 48.8 Å². The van der Waals surface area contributed by atoms with Crippen LogP contribution in [0.25, 0.3) is 61.3 Å². The van der Waals surface area contributed by atoms with E-state index in [1.807, 2.05) is 87.2 Å². The summed E-state index contributed by atoms with van der Waals surface area (Å²) >= 11 is 0.